The number of aliphatic imine (C=N–C) groups is 1. The van der Waals surface area contributed by atoms with Crippen LogP contribution in [0.15, 0.2) is 9.52 Å². The third kappa shape index (κ3) is 5.44. The van der Waals surface area contributed by atoms with Gasteiger partial charge < -0.3 is 20.1 Å². The highest BCUT2D eigenvalue weighted by atomic mass is 16.5. The molecule has 1 amide bonds. The highest BCUT2D eigenvalue weighted by molar-refractivity contribution is 5.84. The zero-order chi connectivity index (χ0) is 19.0. The number of carbonyl (C=O) groups is 1. The molecule has 0 atom stereocenters. The molecule has 1 aliphatic rings. The molecule has 146 valence electrons. The van der Waals surface area contributed by atoms with Crippen molar-refractivity contribution in [1.82, 2.24) is 25.7 Å². The Hall–Kier alpha value is -2.12. The lowest BCUT2D eigenvalue weighted by molar-refractivity contribution is -0.138. The molecule has 26 heavy (non-hydrogen) atoms. The van der Waals surface area contributed by atoms with Gasteiger partial charge in [-0.25, -0.2) is 0 Å². The van der Waals surface area contributed by atoms with Gasteiger partial charge in [-0.05, 0) is 33.1 Å². The molecule has 8 heteroatoms. The average molecular weight is 364 g/mol. The Morgan fingerprint density at radius 3 is 2.62 bits per heavy atom. The van der Waals surface area contributed by atoms with Crippen LogP contribution in [0.3, 0.4) is 0 Å². The van der Waals surface area contributed by atoms with Gasteiger partial charge in [-0.2, -0.15) is 4.98 Å². The van der Waals surface area contributed by atoms with E-state index in [9.17, 15) is 4.79 Å². The topological polar surface area (TPSA) is 95.7 Å². The molecule has 0 radical (unpaired) electrons. The van der Waals surface area contributed by atoms with Crippen LogP contribution in [0.1, 0.15) is 50.7 Å². The monoisotopic (exact) mass is 364 g/mol. The second kappa shape index (κ2) is 9.54. The lowest BCUT2D eigenvalue weighted by Gasteiger charge is -2.29. The van der Waals surface area contributed by atoms with E-state index in [4.69, 9.17) is 9.52 Å². The van der Waals surface area contributed by atoms with Crippen molar-refractivity contribution >= 4 is 11.9 Å². The number of rotatable bonds is 8. The van der Waals surface area contributed by atoms with Crippen LogP contribution in [0.5, 0.6) is 0 Å². The fourth-order valence-electron chi connectivity index (χ4n) is 3.43. The molecule has 1 saturated carbocycles. The number of hydrogen-bond acceptors (Lipinski definition) is 5. The molecule has 1 heterocycles. The maximum atomic E-state index is 12.6. The van der Waals surface area contributed by atoms with Crippen molar-refractivity contribution in [2.24, 2.45) is 10.4 Å². The zero-order valence-electron chi connectivity index (χ0n) is 16.5. The van der Waals surface area contributed by atoms with Crippen LogP contribution in [0, 0.1) is 12.3 Å². The van der Waals surface area contributed by atoms with E-state index in [1.165, 1.54) is 0 Å². The van der Waals surface area contributed by atoms with E-state index in [-0.39, 0.29) is 11.3 Å². The molecule has 0 bridgehead atoms. The van der Waals surface area contributed by atoms with Crippen LogP contribution < -0.4 is 10.6 Å². The molecular weight excluding hydrogens is 332 g/mol. The van der Waals surface area contributed by atoms with Crippen molar-refractivity contribution in [3.63, 3.8) is 0 Å². The summed E-state index contributed by atoms with van der Waals surface area (Å²) in [5.41, 5.74) is -0.340. The Kier molecular flexibility index (Phi) is 7.41. The largest absolute Gasteiger partial charge is 0.357 e. The predicted octanol–water partition coefficient (Wildman–Crippen LogP) is 1.51. The maximum absolute atomic E-state index is 12.6. The molecule has 1 aliphatic carbocycles. The van der Waals surface area contributed by atoms with E-state index in [0.29, 0.717) is 18.3 Å². The second-order valence-corrected chi connectivity index (χ2v) is 7.15. The van der Waals surface area contributed by atoms with Gasteiger partial charge in [-0.1, -0.05) is 18.0 Å². The Labute approximate surface area is 155 Å². The summed E-state index contributed by atoms with van der Waals surface area (Å²) in [5, 5.41) is 10.4. The summed E-state index contributed by atoms with van der Waals surface area (Å²) in [6.07, 6.45) is 5.64. The quantitative estimate of drug-likeness (QED) is 0.412. The first kappa shape index (κ1) is 20.2. The number of amides is 1. The number of carbonyl (C=O) groups excluding carboxylic acids is 1. The SMILES string of the molecule is CCNC(=NCC1(C(=O)N(C)C)CCCC1)NCCCc1nc(C)no1. The van der Waals surface area contributed by atoms with Crippen molar-refractivity contribution in [2.45, 2.75) is 52.4 Å². The number of aryl methyl sites for hydroxylation is 2. The summed E-state index contributed by atoms with van der Waals surface area (Å²) in [6.45, 7) is 5.91. The number of guanidine groups is 1. The van der Waals surface area contributed by atoms with Gasteiger partial charge in [-0.15, -0.1) is 0 Å². The molecule has 0 aromatic carbocycles. The molecule has 8 nitrogen and oxygen atoms in total. The lowest BCUT2D eigenvalue weighted by atomic mass is 9.85. The van der Waals surface area contributed by atoms with Gasteiger partial charge in [-0.3, -0.25) is 9.79 Å². The summed E-state index contributed by atoms with van der Waals surface area (Å²) in [6, 6.07) is 0. The molecule has 2 rings (SSSR count). The predicted molar refractivity (Wildman–Crippen MR) is 101 cm³/mol. The molecule has 1 aromatic heterocycles. The van der Waals surface area contributed by atoms with Gasteiger partial charge in [0.2, 0.25) is 11.8 Å². The van der Waals surface area contributed by atoms with E-state index in [0.717, 1.165) is 57.6 Å². The third-order valence-corrected chi connectivity index (χ3v) is 4.73. The average Bonchev–Trinajstić information content (AvgIpc) is 3.25. The molecule has 1 fully saturated rings. The summed E-state index contributed by atoms with van der Waals surface area (Å²) in [7, 11) is 3.66. The van der Waals surface area contributed by atoms with Gasteiger partial charge in [0.05, 0.1) is 12.0 Å². The first-order valence-corrected chi connectivity index (χ1v) is 9.50. The van der Waals surface area contributed by atoms with Crippen LogP contribution in [0.2, 0.25) is 0 Å². The third-order valence-electron chi connectivity index (χ3n) is 4.73. The van der Waals surface area contributed by atoms with Gasteiger partial charge in [0.25, 0.3) is 0 Å². The van der Waals surface area contributed by atoms with Gasteiger partial charge in [0, 0.05) is 33.6 Å². The van der Waals surface area contributed by atoms with E-state index in [1.54, 1.807) is 4.90 Å². The Morgan fingerprint density at radius 2 is 2.04 bits per heavy atom. The highest BCUT2D eigenvalue weighted by Crippen LogP contribution is 2.39. The van der Waals surface area contributed by atoms with Gasteiger partial charge in [0.15, 0.2) is 11.8 Å². The fourth-order valence-corrected chi connectivity index (χ4v) is 3.43. The van der Waals surface area contributed by atoms with Crippen LogP contribution in [0.4, 0.5) is 0 Å². The normalized spacial score (nSPS) is 16.5. The number of hydrogen-bond donors (Lipinski definition) is 2. The Bertz CT molecular complexity index is 605. The van der Waals surface area contributed by atoms with Gasteiger partial charge in [0.1, 0.15) is 0 Å². The van der Waals surface area contributed by atoms with Crippen molar-refractivity contribution in [3.05, 3.63) is 11.7 Å². The number of nitrogens with zero attached hydrogens (tertiary/aromatic N) is 4. The molecule has 1 aromatic rings. The van der Waals surface area contributed by atoms with Crippen molar-refractivity contribution in [1.29, 1.82) is 0 Å². The first-order valence-electron chi connectivity index (χ1n) is 9.50. The number of nitrogens with one attached hydrogen (secondary N) is 2. The minimum atomic E-state index is -0.340. The summed E-state index contributed by atoms with van der Waals surface area (Å²) in [4.78, 5) is 23.3. The van der Waals surface area contributed by atoms with Crippen molar-refractivity contribution < 1.29 is 9.32 Å². The van der Waals surface area contributed by atoms with Crippen LogP contribution >= 0.6 is 0 Å². The standard InChI is InChI=1S/C18H32N6O2/c1-5-19-17(20-12-8-9-15-22-14(2)23-26-15)21-13-18(10-6-7-11-18)16(25)24(3)4/h5-13H2,1-4H3,(H2,19,20,21). The minimum Gasteiger partial charge on any atom is -0.357 e. The maximum Gasteiger partial charge on any atom is 0.230 e. The van der Waals surface area contributed by atoms with E-state index >= 15 is 0 Å². The molecule has 0 unspecified atom stereocenters. The zero-order valence-corrected chi connectivity index (χ0v) is 16.5. The van der Waals surface area contributed by atoms with Crippen LogP contribution in [-0.2, 0) is 11.2 Å². The van der Waals surface area contributed by atoms with Gasteiger partial charge >= 0.3 is 0 Å². The molecular formula is C18H32N6O2. The fraction of sp³-hybridized carbons (Fsp3) is 0.778. The second-order valence-electron chi connectivity index (χ2n) is 7.15. The molecule has 0 aliphatic heterocycles. The molecule has 0 spiro atoms. The Balaban J connectivity index is 1.89. The minimum absolute atomic E-state index is 0.196. The van der Waals surface area contributed by atoms with E-state index in [1.807, 2.05) is 27.9 Å². The van der Waals surface area contributed by atoms with Crippen LogP contribution in [0.25, 0.3) is 0 Å². The molecule has 2 N–H and O–H groups in total. The Morgan fingerprint density at radius 1 is 1.31 bits per heavy atom. The lowest BCUT2D eigenvalue weighted by Crippen LogP contribution is -2.43. The first-order chi connectivity index (χ1) is 12.5. The summed E-state index contributed by atoms with van der Waals surface area (Å²) in [5.74, 6) is 2.27. The highest BCUT2D eigenvalue weighted by Gasteiger charge is 2.41. The molecule has 0 saturated heterocycles. The van der Waals surface area contributed by atoms with Crippen molar-refractivity contribution in [2.75, 3.05) is 33.7 Å². The summed E-state index contributed by atoms with van der Waals surface area (Å²) >= 11 is 0. The van der Waals surface area contributed by atoms with E-state index in [2.05, 4.69) is 20.8 Å². The van der Waals surface area contributed by atoms with Crippen LogP contribution in [-0.4, -0.2) is 60.6 Å². The number of aromatic nitrogens is 2. The van der Waals surface area contributed by atoms with Crippen molar-refractivity contribution in [3.8, 4) is 0 Å². The summed E-state index contributed by atoms with van der Waals surface area (Å²) < 4.78 is 5.12. The smallest absolute Gasteiger partial charge is 0.230 e. The van der Waals surface area contributed by atoms with E-state index < -0.39 is 0 Å².